The van der Waals surface area contributed by atoms with Crippen molar-refractivity contribution in [3.63, 3.8) is 0 Å². The molecule has 0 aromatic carbocycles. The van der Waals surface area contributed by atoms with Crippen LogP contribution in [0.5, 0.6) is 0 Å². The molecule has 1 rings (SSSR count). The third-order valence-electron chi connectivity index (χ3n) is 5.16. The molecule has 3 amide bonds. The molecule has 0 saturated carbocycles. The second kappa shape index (κ2) is 14.5. The molecule has 0 aromatic heterocycles. The van der Waals surface area contributed by atoms with Crippen LogP contribution in [0.3, 0.4) is 0 Å². The van der Waals surface area contributed by atoms with Gasteiger partial charge < -0.3 is 49.3 Å². The number of nitrogens with one attached hydrogen (secondary N) is 2. The van der Waals surface area contributed by atoms with Crippen LogP contribution in [0.15, 0.2) is 9.98 Å². The van der Waals surface area contributed by atoms with Gasteiger partial charge in [-0.25, -0.2) is 4.79 Å². The van der Waals surface area contributed by atoms with Gasteiger partial charge in [0.05, 0.1) is 6.54 Å². The lowest BCUT2D eigenvalue weighted by Crippen LogP contribution is -2.55. The fourth-order valence-corrected chi connectivity index (χ4v) is 3.55. The zero-order chi connectivity index (χ0) is 25.7. The van der Waals surface area contributed by atoms with Crippen molar-refractivity contribution in [1.82, 2.24) is 15.5 Å². The minimum absolute atomic E-state index is 0.0866. The van der Waals surface area contributed by atoms with Crippen LogP contribution in [0.2, 0.25) is 0 Å². The van der Waals surface area contributed by atoms with Gasteiger partial charge in [-0.15, -0.1) is 0 Å². The first-order chi connectivity index (χ1) is 16.1. The lowest BCUT2D eigenvalue weighted by atomic mass is 10.1. The quantitative estimate of drug-likeness (QED) is 0.0673. The Balaban J connectivity index is 2.84. The Labute approximate surface area is 197 Å². The molecule has 15 nitrogen and oxygen atoms in total. The first kappa shape index (κ1) is 28.4. The Hall–Kier alpha value is -3.62. The van der Waals surface area contributed by atoms with E-state index in [2.05, 4.69) is 20.6 Å². The third kappa shape index (κ3) is 9.89. The highest BCUT2D eigenvalue weighted by Gasteiger charge is 2.38. The number of aliphatic carboxylic acids is 1. The highest BCUT2D eigenvalue weighted by molar-refractivity contribution is 5.94. The molecule has 192 valence electrons. The summed E-state index contributed by atoms with van der Waals surface area (Å²) >= 11 is 0. The molecule has 1 saturated heterocycles. The van der Waals surface area contributed by atoms with E-state index in [9.17, 15) is 24.3 Å². The van der Waals surface area contributed by atoms with Gasteiger partial charge in [0.15, 0.2) is 11.9 Å². The molecule has 34 heavy (non-hydrogen) atoms. The normalized spacial score (nSPS) is 16.7. The molecular formula is C19H36N10O5. The van der Waals surface area contributed by atoms with Crippen molar-refractivity contribution in [3.05, 3.63) is 0 Å². The number of carbonyl (C=O) groups is 4. The van der Waals surface area contributed by atoms with Crippen LogP contribution in [-0.4, -0.2) is 89.9 Å². The summed E-state index contributed by atoms with van der Waals surface area (Å²) in [6, 6.07) is -2.94. The Kier molecular flexibility index (Phi) is 12.1. The summed E-state index contributed by atoms with van der Waals surface area (Å²) in [4.78, 5) is 58.5. The zero-order valence-corrected chi connectivity index (χ0v) is 19.1. The van der Waals surface area contributed by atoms with Crippen LogP contribution >= 0.6 is 0 Å². The second-order valence-electron chi connectivity index (χ2n) is 7.81. The van der Waals surface area contributed by atoms with E-state index in [1.54, 1.807) is 0 Å². The number of carboxylic acids is 1. The van der Waals surface area contributed by atoms with E-state index in [1.807, 2.05) is 0 Å². The molecule has 1 fully saturated rings. The summed E-state index contributed by atoms with van der Waals surface area (Å²) in [6.07, 6.45) is 2.00. The van der Waals surface area contributed by atoms with Gasteiger partial charge in [-0.3, -0.25) is 24.4 Å². The molecule has 3 atom stereocenters. The molecule has 1 heterocycles. The topological polar surface area (TPSA) is 271 Å². The van der Waals surface area contributed by atoms with Gasteiger partial charge in [0, 0.05) is 19.6 Å². The molecule has 1 aliphatic heterocycles. The van der Waals surface area contributed by atoms with Gasteiger partial charge in [-0.2, -0.15) is 0 Å². The van der Waals surface area contributed by atoms with E-state index in [0.29, 0.717) is 32.2 Å². The fraction of sp³-hybridized carbons (Fsp3) is 0.684. The minimum Gasteiger partial charge on any atom is -0.480 e. The van der Waals surface area contributed by atoms with Crippen molar-refractivity contribution >= 4 is 35.6 Å². The standard InChI is InChI=1S/C19H36N10O5/c20-10-14(30)27-11(4-1-7-25-18(21)22)16(32)29-9-3-6-13(29)15(31)28-12(17(33)34)5-2-8-26-19(23)24/h11-13H,1-10,20H2,(H,27,30)(H,28,31)(H,33,34)(H4,21,22,25)(H4,23,24,26)/t11-,12-,13-/m0/s1. The van der Waals surface area contributed by atoms with Crippen LogP contribution < -0.4 is 39.3 Å². The predicted octanol–water partition coefficient (Wildman–Crippen LogP) is -3.90. The molecular weight excluding hydrogens is 448 g/mol. The van der Waals surface area contributed by atoms with E-state index in [1.165, 1.54) is 4.90 Å². The highest BCUT2D eigenvalue weighted by Crippen LogP contribution is 2.20. The van der Waals surface area contributed by atoms with Crippen LogP contribution in [0.25, 0.3) is 0 Å². The SMILES string of the molecule is NCC(=O)N[C@@H](CCCN=C(N)N)C(=O)N1CCC[C@H]1C(=O)N[C@@H](CCCN=C(N)N)C(=O)O. The highest BCUT2D eigenvalue weighted by atomic mass is 16.4. The van der Waals surface area contributed by atoms with E-state index >= 15 is 0 Å². The lowest BCUT2D eigenvalue weighted by molar-refractivity contribution is -0.145. The smallest absolute Gasteiger partial charge is 0.326 e. The number of guanidine groups is 2. The Bertz CT molecular complexity index is 779. The number of likely N-dealkylation sites (tertiary alicyclic amines) is 1. The first-order valence-corrected chi connectivity index (χ1v) is 11.0. The van der Waals surface area contributed by atoms with Gasteiger partial charge >= 0.3 is 5.97 Å². The molecule has 0 radical (unpaired) electrons. The maximum Gasteiger partial charge on any atom is 0.326 e. The number of carboxylic acid groups (broad SMARTS) is 1. The lowest BCUT2D eigenvalue weighted by Gasteiger charge is -2.29. The van der Waals surface area contributed by atoms with Crippen molar-refractivity contribution in [3.8, 4) is 0 Å². The monoisotopic (exact) mass is 484 g/mol. The van der Waals surface area contributed by atoms with E-state index < -0.39 is 41.8 Å². The van der Waals surface area contributed by atoms with E-state index in [4.69, 9.17) is 28.7 Å². The summed E-state index contributed by atoms with van der Waals surface area (Å²) in [6.45, 7) is 0.469. The molecule has 1 aliphatic rings. The molecule has 0 unspecified atom stereocenters. The average molecular weight is 485 g/mol. The Morgan fingerprint density at radius 3 is 2.00 bits per heavy atom. The molecule has 13 N–H and O–H groups in total. The van der Waals surface area contributed by atoms with E-state index in [0.717, 1.165) is 0 Å². The summed E-state index contributed by atoms with van der Waals surface area (Å²) in [5.74, 6) is -2.95. The summed E-state index contributed by atoms with van der Waals surface area (Å²) < 4.78 is 0. The average Bonchev–Trinajstić information content (AvgIpc) is 3.26. The number of carbonyl (C=O) groups excluding carboxylic acids is 3. The van der Waals surface area contributed by atoms with Crippen LogP contribution in [-0.2, 0) is 19.2 Å². The summed E-state index contributed by atoms with van der Waals surface area (Å²) in [7, 11) is 0. The number of hydrogen-bond donors (Lipinski definition) is 8. The largest absolute Gasteiger partial charge is 0.480 e. The van der Waals surface area contributed by atoms with E-state index in [-0.39, 0.29) is 44.4 Å². The maximum absolute atomic E-state index is 13.2. The molecule has 0 aromatic rings. The number of rotatable bonds is 14. The van der Waals surface area contributed by atoms with Crippen molar-refractivity contribution in [2.75, 3.05) is 26.2 Å². The maximum atomic E-state index is 13.2. The summed E-state index contributed by atoms with van der Waals surface area (Å²) in [5, 5.41) is 14.5. The van der Waals surface area contributed by atoms with Crippen molar-refractivity contribution < 1.29 is 24.3 Å². The molecule has 0 spiro atoms. The van der Waals surface area contributed by atoms with Gasteiger partial charge in [-0.05, 0) is 38.5 Å². The number of amides is 3. The van der Waals surface area contributed by atoms with Crippen LogP contribution in [0, 0.1) is 0 Å². The predicted molar refractivity (Wildman–Crippen MR) is 125 cm³/mol. The number of aliphatic imine (C=N–C) groups is 2. The number of hydrogen-bond acceptors (Lipinski definition) is 7. The van der Waals surface area contributed by atoms with Gasteiger partial charge in [0.25, 0.3) is 0 Å². The Morgan fingerprint density at radius 1 is 0.941 bits per heavy atom. The fourth-order valence-electron chi connectivity index (χ4n) is 3.55. The minimum atomic E-state index is -1.21. The second-order valence-corrected chi connectivity index (χ2v) is 7.81. The number of nitrogens with zero attached hydrogens (tertiary/aromatic N) is 3. The van der Waals surface area contributed by atoms with Gasteiger partial charge in [0.1, 0.15) is 18.1 Å². The Morgan fingerprint density at radius 2 is 1.50 bits per heavy atom. The molecule has 15 heteroatoms. The van der Waals surface area contributed by atoms with Gasteiger partial charge in [0.2, 0.25) is 17.7 Å². The first-order valence-electron chi connectivity index (χ1n) is 11.0. The van der Waals surface area contributed by atoms with Crippen LogP contribution in [0.1, 0.15) is 38.5 Å². The van der Waals surface area contributed by atoms with Crippen molar-refractivity contribution in [2.45, 2.75) is 56.7 Å². The van der Waals surface area contributed by atoms with Crippen molar-refractivity contribution in [2.24, 2.45) is 38.7 Å². The summed E-state index contributed by atoms with van der Waals surface area (Å²) in [5.41, 5.74) is 26.4. The molecule has 0 bridgehead atoms. The molecule has 0 aliphatic carbocycles. The van der Waals surface area contributed by atoms with Gasteiger partial charge in [-0.1, -0.05) is 0 Å². The number of nitrogens with two attached hydrogens (primary N) is 5. The third-order valence-corrected chi connectivity index (χ3v) is 5.16. The van der Waals surface area contributed by atoms with Crippen molar-refractivity contribution in [1.29, 1.82) is 0 Å². The zero-order valence-electron chi connectivity index (χ0n) is 19.1. The van der Waals surface area contributed by atoms with Crippen LogP contribution in [0.4, 0.5) is 0 Å².